The van der Waals surface area contributed by atoms with E-state index >= 15 is 0 Å². The van der Waals surface area contributed by atoms with Crippen LogP contribution in [0.25, 0.3) is 0 Å². The van der Waals surface area contributed by atoms with E-state index in [0.29, 0.717) is 22.8 Å². The number of aryl methyl sites for hydroxylation is 1. The van der Waals surface area contributed by atoms with Gasteiger partial charge in [-0.15, -0.1) is 11.3 Å². The molecule has 0 fully saturated rings. The Balaban J connectivity index is 2.45. The van der Waals surface area contributed by atoms with Gasteiger partial charge in [-0.1, -0.05) is 11.6 Å². The lowest BCUT2D eigenvalue weighted by Gasteiger charge is -2.09. The van der Waals surface area contributed by atoms with Gasteiger partial charge in [-0.05, 0) is 63.9 Å². The third kappa shape index (κ3) is 3.27. The van der Waals surface area contributed by atoms with Gasteiger partial charge in [0.15, 0.2) is 0 Å². The van der Waals surface area contributed by atoms with Crippen LogP contribution in [0.1, 0.15) is 27.7 Å². The van der Waals surface area contributed by atoms with Gasteiger partial charge < -0.3 is 4.74 Å². The Morgan fingerprint density at radius 2 is 2.05 bits per heavy atom. The molecule has 0 unspecified atom stereocenters. The Bertz CT molecular complexity index is 600. The minimum absolute atomic E-state index is 0.0106. The summed E-state index contributed by atoms with van der Waals surface area (Å²) in [5.74, 6) is 0.627. The van der Waals surface area contributed by atoms with Gasteiger partial charge >= 0.3 is 0 Å². The van der Waals surface area contributed by atoms with Gasteiger partial charge in [-0.3, -0.25) is 4.79 Å². The highest BCUT2D eigenvalue weighted by Gasteiger charge is 2.18. The third-order valence-corrected chi connectivity index (χ3v) is 5.80. The first-order valence-corrected chi connectivity index (χ1v) is 8.16. The number of carbonyl (C=O) groups excluding carboxylic acids is 1. The van der Waals surface area contributed by atoms with Crippen LogP contribution in [0.2, 0.25) is 0 Å². The van der Waals surface area contributed by atoms with E-state index in [-0.39, 0.29) is 5.78 Å². The van der Waals surface area contributed by atoms with Crippen molar-refractivity contribution < 1.29 is 9.53 Å². The molecule has 1 heterocycles. The molecule has 19 heavy (non-hydrogen) atoms. The van der Waals surface area contributed by atoms with E-state index in [1.165, 1.54) is 11.3 Å². The van der Waals surface area contributed by atoms with Crippen molar-refractivity contribution in [1.82, 2.24) is 0 Å². The van der Waals surface area contributed by atoms with Crippen LogP contribution in [0.5, 0.6) is 5.75 Å². The van der Waals surface area contributed by atoms with E-state index < -0.39 is 0 Å². The van der Waals surface area contributed by atoms with Crippen molar-refractivity contribution in [3.8, 4) is 5.75 Å². The predicted molar refractivity (Wildman–Crippen MR) is 85.5 cm³/mol. The summed E-state index contributed by atoms with van der Waals surface area (Å²) in [6.07, 6.45) is 0. The van der Waals surface area contributed by atoms with E-state index in [9.17, 15) is 4.79 Å². The molecule has 1 aromatic heterocycles. The number of hydrogen-bond donors (Lipinski definition) is 0. The van der Waals surface area contributed by atoms with Crippen LogP contribution in [0.4, 0.5) is 0 Å². The van der Waals surface area contributed by atoms with Gasteiger partial charge in [0.2, 0.25) is 5.78 Å². The number of benzene rings is 1. The first kappa shape index (κ1) is 14.8. The Labute approximate surface area is 133 Å². The van der Waals surface area contributed by atoms with Gasteiger partial charge in [0.05, 0.1) is 20.8 Å². The highest BCUT2D eigenvalue weighted by atomic mass is 79.9. The summed E-state index contributed by atoms with van der Waals surface area (Å²) in [5, 5.41) is 0. The molecule has 2 rings (SSSR count). The van der Waals surface area contributed by atoms with Gasteiger partial charge in [0, 0.05) is 4.47 Å². The molecule has 1 aromatic carbocycles. The number of ketones is 1. The molecule has 0 atom stereocenters. The average molecular weight is 404 g/mol. The topological polar surface area (TPSA) is 26.3 Å². The summed E-state index contributed by atoms with van der Waals surface area (Å²) in [5.41, 5.74) is 1.66. The molecule has 0 amide bonds. The van der Waals surface area contributed by atoms with Crippen molar-refractivity contribution in [2.75, 3.05) is 6.61 Å². The number of thiophene rings is 1. The Morgan fingerprint density at radius 1 is 1.32 bits per heavy atom. The molecule has 0 saturated heterocycles. The van der Waals surface area contributed by atoms with Crippen molar-refractivity contribution in [2.45, 2.75) is 13.8 Å². The van der Waals surface area contributed by atoms with Crippen LogP contribution < -0.4 is 4.74 Å². The lowest BCUT2D eigenvalue weighted by molar-refractivity contribution is 0.103. The minimum atomic E-state index is -0.0106. The maximum atomic E-state index is 12.5. The molecule has 100 valence electrons. The van der Waals surface area contributed by atoms with E-state index in [2.05, 4.69) is 31.9 Å². The molecule has 0 N–H and O–H groups in total. The molecular formula is C14H12Br2O2S. The standard InChI is InChI=1S/C14H12Br2O2S/c1-3-18-11-5-4-8(2)6-9(11)13(17)12-7-10(15)14(16)19-12/h4-7H,3H2,1-2H3. The smallest absolute Gasteiger partial charge is 0.206 e. The van der Waals surface area contributed by atoms with Gasteiger partial charge in [-0.2, -0.15) is 0 Å². The fourth-order valence-electron chi connectivity index (χ4n) is 1.69. The fraction of sp³-hybridized carbons (Fsp3) is 0.214. The number of carbonyl (C=O) groups is 1. The van der Waals surface area contributed by atoms with E-state index in [4.69, 9.17) is 4.74 Å². The van der Waals surface area contributed by atoms with Crippen LogP contribution in [0.15, 0.2) is 32.5 Å². The largest absolute Gasteiger partial charge is 0.493 e. The monoisotopic (exact) mass is 402 g/mol. The molecule has 0 saturated carbocycles. The van der Waals surface area contributed by atoms with Crippen LogP contribution in [0, 0.1) is 6.92 Å². The van der Waals surface area contributed by atoms with E-state index in [1.54, 1.807) is 0 Å². The maximum absolute atomic E-state index is 12.5. The highest BCUT2D eigenvalue weighted by Crippen LogP contribution is 2.35. The SMILES string of the molecule is CCOc1ccc(C)cc1C(=O)c1cc(Br)c(Br)s1. The first-order chi connectivity index (χ1) is 9.02. The number of hydrogen-bond acceptors (Lipinski definition) is 3. The Kier molecular flexibility index (Phi) is 4.81. The zero-order valence-corrected chi connectivity index (χ0v) is 14.5. The summed E-state index contributed by atoms with van der Waals surface area (Å²) in [6, 6.07) is 7.50. The van der Waals surface area contributed by atoms with Gasteiger partial charge in [0.1, 0.15) is 5.75 Å². The molecule has 0 radical (unpaired) electrons. The van der Waals surface area contributed by atoms with Crippen molar-refractivity contribution in [3.63, 3.8) is 0 Å². The van der Waals surface area contributed by atoms with E-state index in [1.807, 2.05) is 38.1 Å². The van der Waals surface area contributed by atoms with Crippen LogP contribution >= 0.6 is 43.2 Å². The summed E-state index contributed by atoms with van der Waals surface area (Å²) < 4.78 is 7.34. The first-order valence-electron chi connectivity index (χ1n) is 5.76. The van der Waals surface area contributed by atoms with Crippen LogP contribution in [0.3, 0.4) is 0 Å². The zero-order chi connectivity index (χ0) is 14.0. The fourth-order valence-corrected chi connectivity index (χ4v) is 3.68. The molecule has 2 nitrogen and oxygen atoms in total. The molecule has 0 aliphatic carbocycles. The number of ether oxygens (including phenoxy) is 1. The van der Waals surface area contributed by atoms with Crippen LogP contribution in [-0.2, 0) is 0 Å². The molecule has 0 spiro atoms. The van der Waals surface area contributed by atoms with Crippen molar-refractivity contribution in [3.05, 3.63) is 48.5 Å². The summed E-state index contributed by atoms with van der Waals surface area (Å²) in [6.45, 7) is 4.42. The average Bonchev–Trinajstić information content (AvgIpc) is 2.71. The maximum Gasteiger partial charge on any atom is 0.206 e. The minimum Gasteiger partial charge on any atom is -0.493 e. The second kappa shape index (κ2) is 6.20. The molecule has 0 bridgehead atoms. The van der Waals surface area contributed by atoms with Crippen molar-refractivity contribution in [1.29, 1.82) is 0 Å². The molecular weight excluding hydrogens is 392 g/mol. The van der Waals surface area contributed by atoms with Gasteiger partial charge in [0.25, 0.3) is 0 Å². The Morgan fingerprint density at radius 3 is 2.63 bits per heavy atom. The van der Waals surface area contributed by atoms with E-state index in [0.717, 1.165) is 13.8 Å². The number of rotatable bonds is 4. The molecule has 0 aliphatic rings. The number of halogens is 2. The summed E-state index contributed by atoms with van der Waals surface area (Å²) in [4.78, 5) is 13.2. The highest BCUT2D eigenvalue weighted by molar-refractivity contribution is 9.13. The van der Waals surface area contributed by atoms with Crippen molar-refractivity contribution in [2.24, 2.45) is 0 Å². The lowest BCUT2D eigenvalue weighted by atomic mass is 10.1. The molecule has 5 heteroatoms. The summed E-state index contributed by atoms with van der Waals surface area (Å²) >= 11 is 8.22. The normalized spacial score (nSPS) is 10.5. The molecule has 0 aliphatic heterocycles. The van der Waals surface area contributed by atoms with Crippen molar-refractivity contribution >= 4 is 49.0 Å². The second-order valence-electron chi connectivity index (χ2n) is 3.99. The quantitative estimate of drug-likeness (QED) is 0.654. The molecule has 2 aromatic rings. The van der Waals surface area contributed by atoms with Crippen LogP contribution in [-0.4, -0.2) is 12.4 Å². The van der Waals surface area contributed by atoms with Gasteiger partial charge in [-0.25, -0.2) is 0 Å². The second-order valence-corrected chi connectivity index (χ2v) is 7.22. The third-order valence-electron chi connectivity index (χ3n) is 2.55. The Hall–Kier alpha value is -0.650. The summed E-state index contributed by atoms with van der Waals surface area (Å²) in [7, 11) is 0. The zero-order valence-electron chi connectivity index (χ0n) is 10.5. The predicted octanol–water partition coefficient (Wildman–Crippen LogP) is 5.21. The lowest BCUT2D eigenvalue weighted by Crippen LogP contribution is -2.04.